The number of hydrogen-bond acceptors (Lipinski definition) is 7. The van der Waals surface area contributed by atoms with Gasteiger partial charge in [-0.25, -0.2) is 15.0 Å². The zero-order chi connectivity index (χ0) is 29.7. The molecule has 2 aromatic carbocycles. The van der Waals surface area contributed by atoms with E-state index >= 15 is 0 Å². The number of nitrogens with zero attached hydrogens (tertiary/aromatic N) is 5. The van der Waals surface area contributed by atoms with Crippen molar-refractivity contribution in [2.45, 2.75) is 72.6 Å². The van der Waals surface area contributed by atoms with Gasteiger partial charge in [-0.3, -0.25) is 9.48 Å². The van der Waals surface area contributed by atoms with Crippen LogP contribution in [0.2, 0.25) is 5.02 Å². The summed E-state index contributed by atoms with van der Waals surface area (Å²) in [7, 11) is 0. The summed E-state index contributed by atoms with van der Waals surface area (Å²) >= 11 is 7.79. The van der Waals surface area contributed by atoms with E-state index < -0.39 is 11.7 Å². The fraction of sp³-hybridized carbons (Fsp3) is 0.344. The van der Waals surface area contributed by atoms with Gasteiger partial charge in [0.2, 0.25) is 0 Å². The first-order valence-electron chi connectivity index (χ1n) is 13.5. The molecule has 1 atom stereocenters. The van der Waals surface area contributed by atoms with Gasteiger partial charge in [0, 0.05) is 28.5 Å². The van der Waals surface area contributed by atoms with Gasteiger partial charge in [0.1, 0.15) is 16.8 Å². The predicted molar refractivity (Wildman–Crippen MR) is 166 cm³/mol. The van der Waals surface area contributed by atoms with Crippen LogP contribution in [0, 0.1) is 6.92 Å². The largest absolute Gasteiger partial charge is 0.360 e. The Labute approximate surface area is 249 Å². The van der Waals surface area contributed by atoms with Gasteiger partial charge in [-0.05, 0) is 90.8 Å². The molecule has 0 bridgehead atoms. The van der Waals surface area contributed by atoms with Gasteiger partial charge >= 0.3 is 0 Å². The Morgan fingerprint density at radius 3 is 2.34 bits per heavy atom. The lowest BCUT2D eigenvalue weighted by Crippen LogP contribution is -2.27. The van der Waals surface area contributed by atoms with E-state index in [1.54, 1.807) is 19.3 Å². The number of Topliss-reactive ketones (excluding diaryl/α,β-unsaturated/α-hetero) is 1. The molecule has 3 heterocycles. The van der Waals surface area contributed by atoms with Crippen LogP contribution < -0.4 is 0 Å². The molecule has 0 N–H and O–H groups in total. The maximum absolute atomic E-state index is 13.0. The maximum atomic E-state index is 13.0. The quantitative estimate of drug-likeness (QED) is 0.198. The summed E-state index contributed by atoms with van der Waals surface area (Å²) in [6.07, 6.45) is 4.76. The topological polar surface area (TPSA) is 82.8 Å². The number of benzene rings is 2. The first-order chi connectivity index (χ1) is 19.2. The van der Waals surface area contributed by atoms with E-state index in [1.165, 1.54) is 11.3 Å². The van der Waals surface area contributed by atoms with Crippen molar-refractivity contribution in [1.82, 2.24) is 24.7 Å². The number of aromatic nitrogens is 5. The number of halogens is 1. The number of hydrogen-bond donors (Lipinski definition) is 0. The second-order valence-electron chi connectivity index (χ2n) is 12.2. The molecule has 0 fully saturated rings. The molecule has 41 heavy (non-hydrogen) atoms. The summed E-state index contributed by atoms with van der Waals surface area (Å²) in [5, 5.41) is 5.90. The number of fused-ring (bicyclic) bond motifs is 1. The highest BCUT2D eigenvalue weighted by molar-refractivity contribution is 7.22. The summed E-state index contributed by atoms with van der Waals surface area (Å²) in [6.45, 7) is 15.8. The number of carbonyl (C=O) groups excluding carboxylic acids is 1. The van der Waals surface area contributed by atoms with Gasteiger partial charge < -0.3 is 4.74 Å². The van der Waals surface area contributed by atoms with Crippen molar-refractivity contribution >= 4 is 38.9 Å². The predicted octanol–water partition coefficient (Wildman–Crippen LogP) is 8.45. The van der Waals surface area contributed by atoms with Crippen LogP contribution in [0.3, 0.4) is 0 Å². The SMILES string of the molecule is CC(=O)[C@@H](OC(C)(C)C)c1c(C)cc2nc(-c3ccnc(-c4cnn(C(C)(C)C)c4)n3)sc2c1-c1ccc(Cl)cc1. The molecule has 0 unspecified atom stereocenters. The van der Waals surface area contributed by atoms with Gasteiger partial charge in [-0.2, -0.15) is 5.10 Å². The number of rotatable bonds is 6. The summed E-state index contributed by atoms with van der Waals surface area (Å²) in [6, 6.07) is 11.6. The van der Waals surface area contributed by atoms with E-state index in [9.17, 15) is 4.79 Å². The van der Waals surface area contributed by atoms with E-state index in [1.807, 2.05) is 75.0 Å². The molecule has 0 aliphatic rings. The van der Waals surface area contributed by atoms with Crippen molar-refractivity contribution in [2.24, 2.45) is 0 Å². The number of aryl methyl sites for hydroxylation is 1. The van der Waals surface area contributed by atoms with Crippen molar-refractivity contribution in [3.8, 4) is 33.2 Å². The van der Waals surface area contributed by atoms with E-state index in [0.717, 1.165) is 48.7 Å². The smallest absolute Gasteiger partial charge is 0.163 e. The Balaban J connectivity index is 1.70. The molecule has 0 saturated carbocycles. The normalized spacial score (nSPS) is 13.1. The second kappa shape index (κ2) is 10.7. The Morgan fingerprint density at radius 2 is 1.73 bits per heavy atom. The van der Waals surface area contributed by atoms with Crippen molar-refractivity contribution in [3.63, 3.8) is 0 Å². The third-order valence-electron chi connectivity index (χ3n) is 6.57. The van der Waals surface area contributed by atoms with Gasteiger partial charge in [0.25, 0.3) is 0 Å². The van der Waals surface area contributed by atoms with Crippen LogP contribution in [0.15, 0.2) is 55.0 Å². The van der Waals surface area contributed by atoms with Crippen LogP contribution in [0.4, 0.5) is 0 Å². The van der Waals surface area contributed by atoms with Crippen LogP contribution >= 0.6 is 22.9 Å². The van der Waals surface area contributed by atoms with Crippen molar-refractivity contribution < 1.29 is 9.53 Å². The molecule has 212 valence electrons. The average molecular weight is 588 g/mol. The first kappa shape index (κ1) is 29.0. The lowest BCUT2D eigenvalue weighted by molar-refractivity contribution is -0.138. The van der Waals surface area contributed by atoms with E-state index in [4.69, 9.17) is 26.3 Å². The molecule has 0 radical (unpaired) electrons. The summed E-state index contributed by atoms with van der Waals surface area (Å²) in [5.74, 6) is 0.529. The molecule has 3 aromatic heterocycles. The third-order valence-corrected chi connectivity index (χ3v) is 7.93. The van der Waals surface area contributed by atoms with Gasteiger partial charge in [0.05, 0.1) is 33.1 Å². The molecule has 7 nitrogen and oxygen atoms in total. The monoisotopic (exact) mass is 587 g/mol. The van der Waals surface area contributed by atoms with Crippen molar-refractivity contribution in [2.75, 3.05) is 0 Å². The molecule has 9 heteroatoms. The maximum Gasteiger partial charge on any atom is 0.163 e. The van der Waals surface area contributed by atoms with Crippen LogP contribution in [0.1, 0.15) is 65.7 Å². The van der Waals surface area contributed by atoms with Crippen molar-refractivity contribution in [1.29, 1.82) is 0 Å². The molecular formula is C32H34ClN5O2S. The highest BCUT2D eigenvalue weighted by Gasteiger charge is 2.30. The summed E-state index contributed by atoms with van der Waals surface area (Å²) in [4.78, 5) is 27.4. The summed E-state index contributed by atoms with van der Waals surface area (Å²) in [5.41, 5.74) is 5.35. The van der Waals surface area contributed by atoms with Crippen LogP contribution in [0.5, 0.6) is 0 Å². The zero-order valence-corrected chi connectivity index (χ0v) is 26.2. The number of ketones is 1. The number of ether oxygens (including phenoxy) is 1. The Bertz CT molecular complexity index is 1740. The highest BCUT2D eigenvalue weighted by Crippen LogP contribution is 2.44. The van der Waals surface area contributed by atoms with E-state index in [0.29, 0.717) is 10.8 Å². The lowest BCUT2D eigenvalue weighted by atomic mass is 9.90. The van der Waals surface area contributed by atoms with Gasteiger partial charge in [-0.1, -0.05) is 23.7 Å². The highest BCUT2D eigenvalue weighted by atomic mass is 35.5. The molecule has 0 spiro atoms. The molecule has 0 aliphatic heterocycles. The fourth-order valence-electron chi connectivity index (χ4n) is 4.68. The molecule has 0 amide bonds. The Kier molecular flexibility index (Phi) is 7.61. The number of thiazole rings is 1. The summed E-state index contributed by atoms with van der Waals surface area (Å²) < 4.78 is 9.22. The molecular weight excluding hydrogens is 554 g/mol. The third kappa shape index (κ3) is 6.10. The van der Waals surface area contributed by atoms with Gasteiger partial charge in [0.15, 0.2) is 11.6 Å². The zero-order valence-electron chi connectivity index (χ0n) is 24.6. The molecule has 0 saturated heterocycles. The molecule has 0 aliphatic carbocycles. The Morgan fingerprint density at radius 1 is 1.02 bits per heavy atom. The first-order valence-corrected chi connectivity index (χ1v) is 14.7. The average Bonchev–Trinajstić information content (AvgIpc) is 3.55. The van der Waals surface area contributed by atoms with Crippen molar-refractivity contribution in [3.05, 3.63) is 71.1 Å². The fourth-order valence-corrected chi connectivity index (χ4v) is 5.90. The van der Waals surface area contributed by atoms with Gasteiger partial charge in [-0.15, -0.1) is 11.3 Å². The Hall–Kier alpha value is -3.46. The molecule has 5 aromatic rings. The number of carbonyl (C=O) groups is 1. The van der Waals surface area contributed by atoms with Crippen LogP contribution in [-0.2, 0) is 15.1 Å². The molecule has 5 rings (SSSR count). The van der Waals surface area contributed by atoms with E-state index in [-0.39, 0.29) is 11.3 Å². The van der Waals surface area contributed by atoms with Crippen LogP contribution in [-0.4, -0.2) is 36.1 Å². The van der Waals surface area contributed by atoms with Crippen LogP contribution in [0.25, 0.3) is 43.4 Å². The minimum Gasteiger partial charge on any atom is -0.360 e. The minimum atomic E-state index is -0.736. The standard InChI is InChI=1S/C32H34ClN5O2S/c1-18-15-24-28(26(20-9-11-22(33)12-10-20)25(18)27(19(2)39)40-32(6,7)8)41-30(37-24)23-13-14-34-29(36-23)21-16-35-38(17-21)31(3,4)5/h9-17,27H,1-8H3/t27-/m1/s1. The second-order valence-corrected chi connectivity index (χ2v) is 13.6. The minimum absolute atomic E-state index is 0.0569. The van der Waals surface area contributed by atoms with E-state index in [2.05, 4.69) is 30.9 Å². The lowest BCUT2D eigenvalue weighted by Gasteiger charge is -2.29.